The summed E-state index contributed by atoms with van der Waals surface area (Å²) < 4.78 is 41.5. The van der Waals surface area contributed by atoms with Crippen LogP contribution in [0.3, 0.4) is 0 Å². The van der Waals surface area contributed by atoms with Gasteiger partial charge in [0.25, 0.3) is 0 Å². The van der Waals surface area contributed by atoms with Crippen molar-refractivity contribution in [3.63, 3.8) is 0 Å². The van der Waals surface area contributed by atoms with E-state index in [4.69, 9.17) is 0 Å². The summed E-state index contributed by atoms with van der Waals surface area (Å²) in [5.41, 5.74) is 1.15. The number of ether oxygens (including phenoxy) is 1. The number of benzene rings is 1. The Hall–Kier alpha value is -1.72. The zero-order valence-corrected chi connectivity index (χ0v) is 10.1. The van der Waals surface area contributed by atoms with Gasteiger partial charge in [0.1, 0.15) is 0 Å². The van der Waals surface area contributed by atoms with E-state index in [2.05, 4.69) is 4.74 Å². The molecule has 2 nitrogen and oxygen atoms in total. The van der Waals surface area contributed by atoms with Gasteiger partial charge in [-0.1, -0.05) is 36.1 Å². The van der Waals surface area contributed by atoms with Crippen LogP contribution in [0.4, 0.5) is 12.9 Å². The molecule has 0 spiro atoms. The van der Waals surface area contributed by atoms with Crippen molar-refractivity contribution in [1.29, 1.82) is 0 Å². The zero-order valence-electron chi connectivity index (χ0n) is 10.1. The predicted molar refractivity (Wildman–Crippen MR) is 65.1 cm³/mol. The molecule has 0 aromatic heterocycles. The minimum atomic E-state index is -5.07. The maximum absolute atomic E-state index is 12.4. The van der Waals surface area contributed by atoms with Crippen molar-refractivity contribution >= 4 is 19.0 Å². The van der Waals surface area contributed by atoms with E-state index in [1.54, 1.807) is 24.3 Å². The molecule has 0 atom stereocenters. The Bertz CT molecular complexity index is 449. The number of methoxy groups -OCH3 is 1. The van der Waals surface area contributed by atoms with Crippen molar-refractivity contribution in [3.05, 3.63) is 41.0 Å². The molecule has 1 rings (SSSR count). The lowest BCUT2D eigenvalue weighted by Crippen LogP contribution is -2.19. The quantitative estimate of drug-likeness (QED) is 0.469. The minimum absolute atomic E-state index is 0.381. The van der Waals surface area contributed by atoms with E-state index >= 15 is 0 Å². The first kappa shape index (κ1) is 14.3. The van der Waals surface area contributed by atoms with Gasteiger partial charge in [0, 0.05) is 5.57 Å². The largest absolute Gasteiger partial charge is 0.482 e. The molecule has 0 fully saturated rings. The van der Waals surface area contributed by atoms with E-state index in [0.717, 1.165) is 12.7 Å². The Morgan fingerprint density at radius 2 is 1.83 bits per heavy atom. The number of hydrogen-bond donors (Lipinski definition) is 0. The highest BCUT2D eigenvalue weighted by Gasteiger charge is 2.27. The van der Waals surface area contributed by atoms with E-state index in [-0.39, 0.29) is 5.57 Å². The average Bonchev–Trinajstić information content (AvgIpc) is 2.28. The van der Waals surface area contributed by atoms with Crippen molar-refractivity contribution in [2.24, 2.45) is 0 Å². The lowest BCUT2D eigenvalue weighted by Gasteiger charge is -2.15. The first-order chi connectivity index (χ1) is 8.31. The SMILES string of the molecule is COC(=O)/C(=C/c1ccc(C)cc1)C[B-](F)(F)F. The van der Waals surface area contributed by atoms with Crippen molar-refractivity contribution in [2.45, 2.75) is 13.2 Å². The number of aryl methyl sites for hydroxylation is 1. The molecule has 0 aliphatic carbocycles. The molecule has 1 aromatic carbocycles. The lowest BCUT2D eigenvalue weighted by atomic mass is 9.81. The molecular weight excluding hydrogens is 244 g/mol. The van der Waals surface area contributed by atoms with Gasteiger partial charge < -0.3 is 17.7 Å². The molecule has 6 heteroatoms. The highest BCUT2D eigenvalue weighted by Crippen LogP contribution is 2.23. The topological polar surface area (TPSA) is 26.3 Å². The predicted octanol–water partition coefficient (Wildman–Crippen LogP) is 3.40. The van der Waals surface area contributed by atoms with Gasteiger partial charge in [-0.3, -0.25) is 0 Å². The first-order valence-electron chi connectivity index (χ1n) is 5.38. The molecule has 0 unspecified atom stereocenters. The summed E-state index contributed by atoms with van der Waals surface area (Å²) >= 11 is 0. The molecule has 0 saturated carbocycles. The Morgan fingerprint density at radius 3 is 2.28 bits per heavy atom. The van der Waals surface area contributed by atoms with Crippen molar-refractivity contribution in [1.82, 2.24) is 0 Å². The second kappa shape index (κ2) is 5.75. The maximum atomic E-state index is 12.4. The molecule has 98 valence electrons. The lowest BCUT2D eigenvalue weighted by molar-refractivity contribution is -0.136. The molecule has 1 aromatic rings. The summed E-state index contributed by atoms with van der Waals surface area (Å²) in [6.45, 7) is -3.20. The fourth-order valence-electron chi connectivity index (χ4n) is 1.45. The summed E-state index contributed by atoms with van der Waals surface area (Å²) in [5, 5.41) is 0. The van der Waals surface area contributed by atoms with Crippen LogP contribution in [0.1, 0.15) is 11.1 Å². The fourth-order valence-corrected chi connectivity index (χ4v) is 1.45. The van der Waals surface area contributed by atoms with Crippen LogP contribution >= 0.6 is 0 Å². The van der Waals surface area contributed by atoms with E-state index in [1.807, 2.05) is 6.92 Å². The number of hydrogen-bond acceptors (Lipinski definition) is 2. The van der Waals surface area contributed by atoms with Crippen molar-refractivity contribution in [2.75, 3.05) is 7.11 Å². The fraction of sp³-hybridized carbons (Fsp3) is 0.250. The smallest absolute Gasteiger partial charge is 0.466 e. The van der Waals surface area contributed by atoms with Gasteiger partial charge in [-0.2, -0.15) is 0 Å². The monoisotopic (exact) mass is 257 g/mol. The average molecular weight is 257 g/mol. The highest BCUT2D eigenvalue weighted by molar-refractivity contribution is 6.60. The number of esters is 1. The third-order valence-electron chi connectivity index (χ3n) is 2.32. The van der Waals surface area contributed by atoms with Gasteiger partial charge in [-0.15, -0.1) is 0 Å². The summed E-state index contributed by atoms with van der Waals surface area (Å²) in [7, 11) is 1.06. The highest BCUT2D eigenvalue weighted by atomic mass is 19.4. The van der Waals surface area contributed by atoms with E-state index in [9.17, 15) is 17.7 Å². The van der Waals surface area contributed by atoms with Crippen LogP contribution < -0.4 is 0 Å². The molecule has 0 N–H and O–H groups in total. The van der Waals surface area contributed by atoms with Crippen molar-refractivity contribution < 1.29 is 22.5 Å². The van der Waals surface area contributed by atoms with Gasteiger partial charge in [0.15, 0.2) is 0 Å². The normalized spacial score (nSPS) is 12.4. The van der Waals surface area contributed by atoms with Crippen LogP contribution in [0.15, 0.2) is 29.8 Å². The van der Waals surface area contributed by atoms with E-state index in [0.29, 0.717) is 5.56 Å². The molecule has 0 bridgehead atoms. The van der Waals surface area contributed by atoms with Crippen LogP contribution in [0.2, 0.25) is 6.32 Å². The molecular formula is C12H13BF3O2-. The van der Waals surface area contributed by atoms with Crippen molar-refractivity contribution in [3.8, 4) is 0 Å². The number of carbonyl (C=O) groups excluding carboxylic acids is 1. The van der Waals surface area contributed by atoms with Gasteiger partial charge in [-0.25, -0.2) is 4.79 Å². The maximum Gasteiger partial charge on any atom is 0.482 e. The summed E-state index contributed by atoms with van der Waals surface area (Å²) in [4.78, 5) is 11.3. The van der Waals surface area contributed by atoms with Crippen LogP contribution in [0.5, 0.6) is 0 Å². The second-order valence-corrected chi connectivity index (χ2v) is 3.99. The Morgan fingerprint density at radius 1 is 1.28 bits per heavy atom. The first-order valence-corrected chi connectivity index (χ1v) is 5.38. The molecule has 0 saturated heterocycles. The summed E-state index contributed by atoms with van der Waals surface area (Å²) in [6, 6.07) is 6.84. The minimum Gasteiger partial charge on any atom is -0.466 e. The van der Waals surface area contributed by atoms with Gasteiger partial charge >= 0.3 is 12.9 Å². The van der Waals surface area contributed by atoms with Crippen LogP contribution in [-0.2, 0) is 9.53 Å². The summed E-state index contributed by atoms with van der Waals surface area (Å²) in [6.07, 6.45) is -0.0267. The standard InChI is InChI=1S/C12H13BF3O2/c1-9-3-5-10(6-4-9)7-11(12(17)18-2)8-13(14,15)16/h3-7H,8H2,1-2H3/q-1/b11-7+. The number of carbonyl (C=O) groups is 1. The molecule has 18 heavy (non-hydrogen) atoms. The van der Waals surface area contributed by atoms with E-state index < -0.39 is 19.3 Å². The number of halogens is 3. The zero-order chi connectivity index (χ0) is 13.8. The van der Waals surface area contributed by atoms with Gasteiger partial charge in [0.2, 0.25) is 0 Å². The molecule has 0 amide bonds. The van der Waals surface area contributed by atoms with Crippen LogP contribution in [0.25, 0.3) is 6.08 Å². The Labute approximate surface area is 104 Å². The molecule has 0 radical (unpaired) electrons. The molecule has 0 aliphatic rings. The Balaban J connectivity index is 3.02. The third-order valence-corrected chi connectivity index (χ3v) is 2.32. The second-order valence-electron chi connectivity index (χ2n) is 3.99. The van der Waals surface area contributed by atoms with Crippen LogP contribution in [0, 0.1) is 6.92 Å². The van der Waals surface area contributed by atoms with Gasteiger partial charge in [-0.05, 0) is 18.6 Å². The number of rotatable bonds is 4. The van der Waals surface area contributed by atoms with E-state index in [1.165, 1.54) is 6.08 Å². The summed E-state index contributed by atoms with van der Waals surface area (Å²) in [5.74, 6) is -0.949. The van der Waals surface area contributed by atoms with Crippen LogP contribution in [-0.4, -0.2) is 20.1 Å². The molecule has 0 heterocycles. The third kappa shape index (κ3) is 4.65. The van der Waals surface area contributed by atoms with Gasteiger partial charge in [0.05, 0.1) is 7.11 Å². The Kier molecular flexibility index (Phi) is 4.58. The molecule has 0 aliphatic heterocycles.